The third kappa shape index (κ3) is 2.91. The number of aliphatic hydroxyl groups is 1. The summed E-state index contributed by atoms with van der Waals surface area (Å²) in [7, 11) is 0. The molecule has 2 rings (SSSR count). The predicted molar refractivity (Wildman–Crippen MR) is 59.3 cm³/mol. The van der Waals surface area contributed by atoms with Crippen molar-refractivity contribution in [1.29, 1.82) is 0 Å². The molecule has 1 saturated carbocycles. The Labute approximate surface area is 94.7 Å². The van der Waals surface area contributed by atoms with Gasteiger partial charge in [-0.25, -0.2) is 4.39 Å². The Morgan fingerprint density at radius 3 is 2.60 bits per heavy atom. The van der Waals surface area contributed by atoms with Crippen LogP contribution in [-0.2, 0) is 0 Å². The van der Waals surface area contributed by atoms with Gasteiger partial charge < -0.3 is 10.8 Å². The Hall–Kier alpha value is -0.640. The Morgan fingerprint density at radius 2 is 2.07 bits per heavy atom. The van der Waals surface area contributed by atoms with Crippen LogP contribution in [0.1, 0.15) is 24.4 Å². The molecule has 0 heterocycles. The Morgan fingerprint density at radius 1 is 1.40 bits per heavy atom. The zero-order valence-corrected chi connectivity index (χ0v) is 9.08. The average Bonchev–Trinajstić information content (AvgIpc) is 2.99. The molecule has 2 atom stereocenters. The molecular weight excluding hydrogens is 217 g/mol. The molecule has 0 saturated heterocycles. The van der Waals surface area contributed by atoms with E-state index in [4.69, 9.17) is 5.73 Å². The van der Waals surface area contributed by atoms with Crippen molar-refractivity contribution < 1.29 is 9.50 Å². The molecule has 0 aromatic heterocycles. The van der Waals surface area contributed by atoms with Crippen molar-refractivity contribution >= 4 is 12.4 Å². The maximum Gasteiger partial charge on any atom is 0.123 e. The summed E-state index contributed by atoms with van der Waals surface area (Å²) in [6.45, 7) is 0. The molecule has 1 aliphatic rings. The summed E-state index contributed by atoms with van der Waals surface area (Å²) in [5, 5.41) is 9.75. The van der Waals surface area contributed by atoms with Crippen LogP contribution in [0.5, 0.6) is 0 Å². The molecule has 0 bridgehead atoms. The predicted octanol–water partition coefficient (Wildman–Crippen LogP) is 2.02. The highest BCUT2D eigenvalue weighted by atomic mass is 35.5. The fourth-order valence-electron chi connectivity index (χ4n) is 1.64. The van der Waals surface area contributed by atoms with Crippen molar-refractivity contribution in [2.45, 2.75) is 25.0 Å². The summed E-state index contributed by atoms with van der Waals surface area (Å²) in [6, 6.07) is 5.66. The van der Waals surface area contributed by atoms with E-state index in [1.54, 1.807) is 12.1 Å². The van der Waals surface area contributed by atoms with Gasteiger partial charge in [0.1, 0.15) is 5.82 Å². The SMILES string of the molecule is Cl.N[C@H](c1cccc(F)c1)[C@@H](O)C1CC1. The zero-order chi connectivity index (χ0) is 10.1. The van der Waals surface area contributed by atoms with Crippen LogP contribution in [0.4, 0.5) is 4.39 Å². The first-order valence-corrected chi connectivity index (χ1v) is 4.87. The van der Waals surface area contributed by atoms with E-state index in [1.807, 2.05) is 0 Å². The van der Waals surface area contributed by atoms with Crippen LogP contribution in [0.15, 0.2) is 24.3 Å². The van der Waals surface area contributed by atoms with E-state index in [0.717, 1.165) is 12.8 Å². The highest BCUT2D eigenvalue weighted by molar-refractivity contribution is 5.85. The average molecular weight is 232 g/mol. The molecule has 0 aliphatic heterocycles. The van der Waals surface area contributed by atoms with Crippen LogP contribution in [-0.4, -0.2) is 11.2 Å². The lowest BCUT2D eigenvalue weighted by molar-refractivity contribution is 0.122. The van der Waals surface area contributed by atoms with Gasteiger partial charge in [-0.1, -0.05) is 12.1 Å². The van der Waals surface area contributed by atoms with Gasteiger partial charge in [-0.15, -0.1) is 12.4 Å². The second-order valence-corrected chi connectivity index (χ2v) is 3.91. The molecular formula is C11H15ClFNO. The molecule has 0 amide bonds. The number of nitrogens with two attached hydrogens (primary N) is 1. The van der Waals surface area contributed by atoms with E-state index in [0.29, 0.717) is 11.5 Å². The van der Waals surface area contributed by atoms with E-state index in [9.17, 15) is 9.50 Å². The lowest BCUT2D eigenvalue weighted by Gasteiger charge is -2.18. The highest BCUT2D eigenvalue weighted by Gasteiger charge is 2.34. The number of aliphatic hydroxyl groups excluding tert-OH is 1. The van der Waals surface area contributed by atoms with Crippen LogP contribution < -0.4 is 5.73 Å². The molecule has 4 heteroatoms. The molecule has 1 fully saturated rings. The van der Waals surface area contributed by atoms with Gasteiger partial charge in [0.2, 0.25) is 0 Å². The van der Waals surface area contributed by atoms with Crippen molar-refractivity contribution in [3.05, 3.63) is 35.6 Å². The van der Waals surface area contributed by atoms with Crippen LogP contribution >= 0.6 is 12.4 Å². The van der Waals surface area contributed by atoms with Gasteiger partial charge in [-0.2, -0.15) is 0 Å². The first-order chi connectivity index (χ1) is 6.68. The fraction of sp³-hybridized carbons (Fsp3) is 0.455. The van der Waals surface area contributed by atoms with Gasteiger partial charge in [0, 0.05) is 0 Å². The Balaban J connectivity index is 0.00000112. The maximum absolute atomic E-state index is 12.9. The van der Waals surface area contributed by atoms with Gasteiger partial charge in [0.05, 0.1) is 12.1 Å². The summed E-state index contributed by atoms with van der Waals surface area (Å²) in [4.78, 5) is 0. The number of halogens is 2. The lowest BCUT2D eigenvalue weighted by Crippen LogP contribution is -2.27. The second kappa shape index (κ2) is 4.92. The monoisotopic (exact) mass is 231 g/mol. The van der Waals surface area contributed by atoms with E-state index in [-0.39, 0.29) is 18.2 Å². The summed E-state index contributed by atoms with van der Waals surface area (Å²) in [6.07, 6.45) is 1.53. The third-order valence-corrected chi connectivity index (χ3v) is 2.71. The molecule has 15 heavy (non-hydrogen) atoms. The molecule has 0 spiro atoms. The Kier molecular flexibility index (Phi) is 4.08. The van der Waals surface area contributed by atoms with Crippen molar-refractivity contribution in [3.63, 3.8) is 0 Å². The van der Waals surface area contributed by atoms with E-state index in [2.05, 4.69) is 0 Å². The van der Waals surface area contributed by atoms with Crippen LogP contribution in [0.3, 0.4) is 0 Å². The van der Waals surface area contributed by atoms with Crippen LogP contribution in [0, 0.1) is 11.7 Å². The van der Waals surface area contributed by atoms with Gasteiger partial charge in [0.25, 0.3) is 0 Å². The van der Waals surface area contributed by atoms with E-state index < -0.39 is 12.1 Å². The van der Waals surface area contributed by atoms with Crippen LogP contribution in [0.25, 0.3) is 0 Å². The standard InChI is InChI=1S/C11H14FNO.ClH/c12-9-3-1-2-8(6-9)10(13)11(14)7-4-5-7;/h1-3,6-7,10-11,14H,4-5,13H2;1H/t10-,11+;/m1./s1. The third-order valence-electron chi connectivity index (χ3n) is 2.71. The Bertz CT molecular complexity index is 330. The first-order valence-electron chi connectivity index (χ1n) is 4.87. The van der Waals surface area contributed by atoms with E-state index >= 15 is 0 Å². The molecule has 3 N–H and O–H groups in total. The van der Waals surface area contributed by atoms with Crippen molar-refractivity contribution in [2.75, 3.05) is 0 Å². The minimum Gasteiger partial charge on any atom is -0.391 e. The molecule has 0 unspecified atom stereocenters. The van der Waals surface area contributed by atoms with Crippen molar-refractivity contribution in [2.24, 2.45) is 11.7 Å². The largest absolute Gasteiger partial charge is 0.391 e. The highest BCUT2D eigenvalue weighted by Crippen LogP contribution is 2.37. The van der Waals surface area contributed by atoms with E-state index in [1.165, 1.54) is 12.1 Å². The maximum atomic E-state index is 12.9. The van der Waals surface area contributed by atoms with Crippen molar-refractivity contribution in [3.8, 4) is 0 Å². The second-order valence-electron chi connectivity index (χ2n) is 3.91. The number of hydrogen-bond acceptors (Lipinski definition) is 2. The van der Waals surface area contributed by atoms with Crippen LogP contribution in [0.2, 0.25) is 0 Å². The number of hydrogen-bond donors (Lipinski definition) is 2. The zero-order valence-electron chi connectivity index (χ0n) is 8.27. The normalized spacial score (nSPS) is 19.1. The minimum atomic E-state index is -0.531. The van der Waals surface area contributed by atoms with Gasteiger partial charge >= 0.3 is 0 Å². The van der Waals surface area contributed by atoms with Gasteiger partial charge in [0.15, 0.2) is 0 Å². The van der Waals surface area contributed by atoms with Gasteiger partial charge in [-0.3, -0.25) is 0 Å². The summed E-state index contributed by atoms with van der Waals surface area (Å²) in [5.41, 5.74) is 6.50. The number of benzene rings is 1. The molecule has 2 nitrogen and oxygen atoms in total. The summed E-state index contributed by atoms with van der Waals surface area (Å²) >= 11 is 0. The minimum absolute atomic E-state index is 0. The number of rotatable bonds is 3. The molecule has 1 aromatic rings. The molecule has 1 aliphatic carbocycles. The van der Waals surface area contributed by atoms with Crippen molar-refractivity contribution in [1.82, 2.24) is 0 Å². The topological polar surface area (TPSA) is 46.2 Å². The molecule has 0 radical (unpaired) electrons. The summed E-state index contributed by atoms with van der Waals surface area (Å²) in [5.74, 6) is 0.00853. The fourth-order valence-corrected chi connectivity index (χ4v) is 1.64. The van der Waals surface area contributed by atoms with Gasteiger partial charge in [-0.05, 0) is 36.5 Å². The first kappa shape index (κ1) is 12.4. The molecule has 84 valence electrons. The molecule has 1 aromatic carbocycles. The summed E-state index contributed by atoms with van der Waals surface area (Å²) < 4.78 is 12.9. The smallest absolute Gasteiger partial charge is 0.123 e. The quantitative estimate of drug-likeness (QED) is 0.836. The lowest BCUT2D eigenvalue weighted by atomic mass is 9.99.